The molecule has 2 heterocycles. The van der Waals surface area contributed by atoms with Crippen LogP contribution in [0.2, 0.25) is 5.02 Å². The molecule has 1 aliphatic carbocycles. The molecule has 2 atom stereocenters. The summed E-state index contributed by atoms with van der Waals surface area (Å²) in [4.78, 5) is 14.2. The number of halogens is 2. The lowest BCUT2D eigenvalue weighted by Crippen LogP contribution is -2.39. The second kappa shape index (κ2) is 9.16. The average Bonchev–Trinajstić information content (AvgIpc) is 3.31. The third-order valence-electron chi connectivity index (χ3n) is 5.97. The number of carbonyl (C=O) groups excluding carboxylic acids is 1. The molecule has 6 nitrogen and oxygen atoms in total. The van der Waals surface area contributed by atoms with Crippen LogP contribution in [0, 0.1) is 5.82 Å². The van der Waals surface area contributed by atoms with Crippen LogP contribution in [0.15, 0.2) is 18.2 Å². The third kappa shape index (κ3) is 5.20. The van der Waals surface area contributed by atoms with Crippen molar-refractivity contribution < 1.29 is 23.4 Å². The predicted molar refractivity (Wildman–Crippen MR) is 106 cm³/mol. The number of alkyl carbamates (subject to hydrolysis) is 1. The third-order valence-corrected chi connectivity index (χ3v) is 6.32. The zero-order valence-corrected chi connectivity index (χ0v) is 17.3. The zero-order valence-electron chi connectivity index (χ0n) is 16.5. The van der Waals surface area contributed by atoms with Gasteiger partial charge in [0, 0.05) is 49.1 Å². The van der Waals surface area contributed by atoms with Gasteiger partial charge in [-0.15, -0.1) is 0 Å². The summed E-state index contributed by atoms with van der Waals surface area (Å²) in [5.74, 6) is -0.759. The SMILES string of the molecule is O=C(NC1CCN(Cc2c(F)cccc2Cl)C1)OCC1COC2(CCCCC2)O1. The van der Waals surface area contributed by atoms with Crippen molar-refractivity contribution in [2.24, 2.45) is 0 Å². The Balaban J connectivity index is 1.18. The van der Waals surface area contributed by atoms with E-state index in [1.54, 1.807) is 12.1 Å². The van der Waals surface area contributed by atoms with Crippen molar-refractivity contribution in [2.75, 3.05) is 26.3 Å². The number of benzene rings is 1. The van der Waals surface area contributed by atoms with Gasteiger partial charge in [0.05, 0.1) is 6.61 Å². The van der Waals surface area contributed by atoms with Gasteiger partial charge in [-0.25, -0.2) is 9.18 Å². The van der Waals surface area contributed by atoms with E-state index in [1.807, 2.05) is 0 Å². The Kier molecular flexibility index (Phi) is 6.59. The Morgan fingerprint density at radius 1 is 1.34 bits per heavy atom. The Morgan fingerprint density at radius 2 is 2.17 bits per heavy atom. The number of ether oxygens (including phenoxy) is 3. The monoisotopic (exact) mass is 426 g/mol. The first-order valence-corrected chi connectivity index (χ1v) is 10.8. The molecule has 1 spiro atoms. The summed E-state index contributed by atoms with van der Waals surface area (Å²) < 4.78 is 31.2. The van der Waals surface area contributed by atoms with E-state index >= 15 is 0 Å². The molecule has 1 saturated carbocycles. The van der Waals surface area contributed by atoms with Crippen LogP contribution in [0.3, 0.4) is 0 Å². The molecule has 2 saturated heterocycles. The van der Waals surface area contributed by atoms with Gasteiger partial charge in [0.2, 0.25) is 0 Å². The molecule has 0 aromatic heterocycles. The molecule has 4 rings (SSSR count). The normalized spacial score (nSPS) is 26.7. The minimum atomic E-state index is -0.456. The van der Waals surface area contributed by atoms with Gasteiger partial charge < -0.3 is 19.5 Å². The van der Waals surface area contributed by atoms with Crippen molar-refractivity contribution in [3.05, 3.63) is 34.6 Å². The highest BCUT2D eigenvalue weighted by Gasteiger charge is 2.42. The predicted octanol–water partition coefficient (Wildman–Crippen LogP) is 3.86. The highest BCUT2D eigenvalue weighted by Crippen LogP contribution is 2.37. The van der Waals surface area contributed by atoms with E-state index in [-0.39, 0.29) is 24.6 Å². The lowest BCUT2D eigenvalue weighted by molar-refractivity contribution is -0.189. The van der Waals surface area contributed by atoms with Crippen molar-refractivity contribution in [3.8, 4) is 0 Å². The summed E-state index contributed by atoms with van der Waals surface area (Å²) in [6, 6.07) is 4.67. The van der Waals surface area contributed by atoms with E-state index in [4.69, 9.17) is 25.8 Å². The van der Waals surface area contributed by atoms with E-state index in [1.165, 1.54) is 12.5 Å². The maximum Gasteiger partial charge on any atom is 0.407 e. The van der Waals surface area contributed by atoms with Crippen LogP contribution in [0.25, 0.3) is 0 Å². The quantitative estimate of drug-likeness (QED) is 0.774. The van der Waals surface area contributed by atoms with E-state index in [0.29, 0.717) is 30.3 Å². The molecule has 1 N–H and O–H groups in total. The van der Waals surface area contributed by atoms with Crippen LogP contribution in [0.5, 0.6) is 0 Å². The molecule has 2 aliphatic heterocycles. The van der Waals surface area contributed by atoms with Crippen LogP contribution in [0.4, 0.5) is 9.18 Å². The summed E-state index contributed by atoms with van der Waals surface area (Å²) in [5.41, 5.74) is 0.493. The number of hydrogen-bond donors (Lipinski definition) is 1. The topological polar surface area (TPSA) is 60.0 Å². The average molecular weight is 427 g/mol. The zero-order chi connectivity index (χ0) is 20.3. The van der Waals surface area contributed by atoms with E-state index < -0.39 is 11.9 Å². The molecule has 1 aromatic carbocycles. The van der Waals surface area contributed by atoms with Gasteiger partial charge in [-0.2, -0.15) is 0 Å². The number of carbonyl (C=O) groups is 1. The molecule has 2 unspecified atom stereocenters. The Hall–Kier alpha value is -1.41. The molecule has 0 radical (unpaired) electrons. The Labute approximate surface area is 175 Å². The Morgan fingerprint density at radius 3 is 2.97 bits per heavy atom. The maximum atomic E-state index is 14.0. The van der Waals surface area contributed by atoms with Crippen LogP contribution in [-0.2, 0) is 20.8 Å². The summed E-state index contributed by atoms with van der Waals surface area (Å²) >= 11 is 6.11. The lowest BCUT2D eigenvalue weighted by atomic mass is 9.94. The van der Waals surface area contributed by atoms with Gasteiger partial charge in [0.15, 0.2) is 5.79 Å². The van der Waals surface area contributed by atoms with E-state index in [2.05, 4.69) is 10.2 Å². The van der Waals surface area contributed by atoms with Gasteiger partial charge >= 0.3 is 6.09 Å². The first-order chi connectivity index (χ1) is 14.0. The van der Waals surface area contributed by atoms with Crippen molar-refractivity contribution in [1.29, 1.82) is 0 Å². The molecule has 3 aliphatic rings. The van der Waals surface area contributed by atoms with Crippen molar-refractivity contribution in [1.82, 2.24) is 10.2 Å². The molecular formula is C21H28ClFN2O4. The fraction of sp³-hybridized carbons (Fsp3) is 0.667. The number of nitrogens with one attached hydrogen (secondary N) is 1. The maximum absolute atomic E-state index is 14.0. The number of nitrogens with zero attached hydrogens (tertiary/aromatic N) is 1. The second-order valence-corrected chi connectivity index (χ2v) is 8.59. The minimum Gasteiger partial charge on any atom is -0.447 e. The van der Waals surface area contributed by atoms with Crippen LogP contribution >= 0.6 is 11.6 Å². The smallest absolute Gasteiger partial charge is 0.407 e. The molecule has 160 valence electrons. The summed E-state index contributed by atoms with van der Waals surface area (Å²) in [5, 5.41) is 3.32. The van der Waals surface area contributed by atoms with Crippen molar-refractivity contribution in [3.63, 3.8) is 0 Å². The first-order valence-electron chi connectivity index (χ1n) is 10.4. The van der Waals surface area contributed by atoms with E-state index in [0.717, 1.165) is 38.6 Å². The fourth-order valence-electron chi connectivity index (χ4n) is 4.43. The first kappa shape index (κ1) is 20.8. The van der Waals surface area contributed by atoms with Gasteiger partial charge in [0.25, 0.3) is 0 Å². The number of amides is 1. The van der Waals surface area contributed by atoms with Crippen molar-refractivity contribution >= 4 is 17.7 Å². The molecule has 0 bridgehead atoms. The molecule has 8 heteroatoms. The number of hydrogen-bond acceptors (Lipinski definition) is 5. The van der Waals surface area contributed by atoms with Crippen LogP contribution < -0.4 is 5.32 Å². The van der Waals surface area contributed by atoms with Crippen molar-refractivity contribution in [2.45, 2.75) is 63.0 Å². The van der Waals surface area contributed by atoms with Gasteiger partial charge in [-0.05, 0) is 31.4 Å². The van der Waals surface area contributed by atoms with Crippen LogP contribution in [-0.4, -0.2) is 55.2 Å². The van der Waals surface area contributed by atoms with Gasteiger partial charge in [0.1, 0.15) is 18.5 Å². The molecule has 1 amide bonds. The standard InChI is InChI=1S/C21H28ClFN2O4/c22-18-5-4-6-19(23)17(18)12-25-10-7-15(11-25)24-20(26)27-13-16-14-28-21(29-16)8-2-1-3-9-21/h4-6,15-16H,1-3,7-14H2,(H,24,26). The molecule has 3 fully saturated rings. The summed E-state index contributed by atoms with van der Waals surface area (Å²) in [6.07, 6.45) is 5.41. The summed E-state index contributed by atoms with van der Waals surface area (Å²) in [6.45, 7) is 2.47. The van der Waals surface area contributed by atoms with Gasteiger partial charge in [-0.1, -0.05) is 24.1 Å². The minimum absolute atomic E-state index is 0.0292. The number of rotatable bonds is 5. The van der Waals surface area contributed by atoms with E-state index in [9.17, 15) is 9.18 Å². The molecule has 1 aromatic rings. The number of likely N-dealkylation sites (tertiary alicyclic amines) is 1. The lowest BCUT2D eigenvalue weighted by Gasteiger charge is -2.31. The van der Waals surface area contributed by atoms with Crippen LogP contribution in [0.1, 0.15) is 44.1 Å². The fourth-order valence-corrected chi connectivity index (χ4v) is 4.65. The molecule has 29 heavy (non-hydrogen) atoms. The second-order valence-electron chi connectivity index (χ2n) is 8.19. The highest BCUT2D eigenvalue weighted by atomic mass is 35.5. The largest absolute Gasteiger partial charge is 0.447 e. The highest BCUT2D eigenvalue weighted by molar-refractivity contribution is 6.31. The Bertz CT molecular complexity index is 708. The molecular weight excluding hydrogens is 399 g/mol. The van der Waals surface area contributed by atoms with Gasteiger partial charge in [-0.3, -0.25) is 4.90 Å². The summed E-state index contributed by atoms with van der Waals surface area (Å²) in [7, 11) is 0.